The van der Waals surface area contributed by atoms with E-state index in [0.29, 0.717) is 19.8 Å². The molecule has 0 spiro atoms. The van der Waals surface area contributed by atoms with Gasteiger partial charge in [0.1, 0.15) is 0 Å². The zero-order valence-electron chi connectivity index (χ0n) is 33.7. The molecule has 6 atom stereocenters. The van der Waals surface area contributed by atoms with Crippen LogP contribution in [0.3, 0.4) is 0 Å². The Labute approximate surface area is 314 Å². The molecule has 6 fully saturated rings. The highest BCUT2D eigenvalue weighted by molar-refractivity contribution is 6.06. The standard InChI is InChI=1S/C11H21NO.C10H18BNO.C10H19NO.2C2H6.3CH3B.B/c1-12-5-2-9(3-6-12)11-8-10(11)4-7-13;11-12-4-1-8(2-5-12)10-7-9(10)3-6-13;12-6-3-9-7-10(9)8-1-4-11-5-2-8;5*1-2;/h9-11,13H,2-8H2,1H3;8-10,13H,1-7H2;8-12H,1-7H2;2*1-2H3;3*1H3;/t10-,11-;2*9-,10-;;;;;;/m111....../s1. The monoisotopic (exact) mass is 681 g/mol. The van der Waals surface area contributed by atoms with E-state index in [2.05, 4.69) is 40.8 Å². The van der Waals surface area contributed by atoms with E-state index in [-0.39, 0.29) is 8.41 Å². The highest BCUT2D eigenvalue weighted by Gasteiger charge is 2.44. The molecular formula is C38H79B5N3O3. The fourth-order valence-electron chi connectivity index (χ4n) is 8.12. The average molecular weight is 680 g/mol. The van der Waals surface area contributed by atoms with Gasteiger partial charge in [-0.2, -0.15) is 0 Å². The van der Waals surface area contributed by atoms with Gasteiger partial charge in [-0.15, -0.1) is 0 Å². The fraction of sp³-hybridized carbons (Fsp3) is 1.00. The highest BCUT2D eigenvalue weighted by atomic mass is 16.3. The van der Waals surface area contributed by atoms with Crippen molar-refractivity contribution < 1.29 is 15.3 Å². The van der Waals surface area contributed by atoms with Gasteiger partial charge in [-0.3, -0.25) is 0 Å². The van der Waals surface area contributed by atoms with Crippen LogP contribution < -0.4 is 5.32 Å². The first-order chi connectivity index (χ1) is 23.5. The van der Waals surface area contributed by atoms with E-state index in [1.807, 2.05) is 32.5 Å². The van der Waals surface area contributed by atoms with E-state index in [9.17, 15) is 0 Å². The lowest BCUT2D eigenvalue weighted by Crippen LogP contribution is -2.32. The average Bonchev–Trinajstić information content (AvgIpc) is 4.07. The summed E-state index contributed by atoms with van der Waals surface area (Å²) >= 11 is 0. The molecule has 11 heteroatoms. The zero-order valence-corrected chi connectivity index (χ0v) is 33.7. The summed E-state index contributed by atoms with van der Waals surface area (Å²) in [6, 6.07) is 0. The third-order valence-electron chi connectivity index (χ3n) is 11.0. The second-order valence-electron chi connectivity index (χ2n) is 13.6. The van der Waals surface area contributed by atoms with Gasteiger partial charge in [0.05, 0.1) is 23.5 Å². The second kappa shape index (κ2) is 35.1. The Hall–Kier alpha value is 0.0847. The first kappa shape index (κ1) is 53.4. The quantitative estimate of drug-likeness (QED) is 0.244. The number of hydrogen-bond donors (Lipinski definition) is 4. The molecule has 11 radical (unpaired) electrons. The fourth-order valence-corrected chi connectivity index (χ4v) is 8.12. The first-order valence-corrected chi connectivity index (χ1v) is 20.0. The van der Waals surface area contributed by atoms with Crippen molar-refractivity contribution in [1.82, 2.24) is 15.0 Å². The maximum Gasteiger partial charge on any atom is 0.182 e. The van der Waals surface area contributed by atoms with Crippen molar-refractivity contribution in [3.8, 4) is 0 Å². The Balaban J connectivity index is -0.000000568. The predicted octanol–water partition coefficient (Wildman–Crippen LogP) is 5.43. The Bertz CT molecular complexity index is 631. The summed E-state index contributed by atoms with van der Waals surface area (Å²) in [6.45, 7) is 20.8. The number of rotatable bonds is 9. The van der Waals surface area contributed by atoms with E-state index in [0.717, 1.165) is 85.6 Å². The molecule has 6 rings (SSSR count). The molecule has 3 saturated carbocycles. The summed E-state index contributed by atoms with van der Waals surface area (Å²) in [5.41, 5.74) is 0. The minimum atomic E-state index is 0. The molecular weight excluding hydrogens is 600 g/mol. The molecule has 3 saturated heterocycles. The van der Waals surface area contributed by atoms with Gasteiger partial charge in [0.15, 0.2) is 7.98 Å². The van der Waals surface area contributed by atoms with Crippen LogP contribution in [0.4, 0.5) is 0 Å². The lowest BCUT2D eigenvalue weighted by atomic mass is 9.89. The van der Waals surface area contributed by atoms with Crippen LogP contribution in [0, 0.1) is 53.3 Å². The minimum Gasteiger partial charge on any atom is -0.396 e. The van der Waals surface area contributed by atoms with Crippen molar-refractivity contribution in [2.45, 2.75) is 125 Å². The predicted molar refractivity (Wildman–Crippen MR) is 219 cm³/mol. The molecule has 3 aliphatic carbocycles. The summed E-state index contributed by atoms with van der Waals surface area (Å²) in [4.78, 5) is 4.36. The molecule has 0 aromatic rings. The van der Waals surface area contributed by atoms with Crippen molar-refractivity contribution in [3.63, 3.8) is 0 Å². The number of hydrogen-bond acceptors (Lipinski definition) is 6. The van der Waals surface area contributed by atoms with Crippen molar-refractivity contribution in [3.05, 3.63) is 0 Å². The van der Waals surface area contributed by atoms with Crippen molar-refractivity contribution in [1.29, 1.82) is 0 Å². The summed E-state index contributed by atoms with van der Waals surface area (Å²) in [5.74, 6) is 8.30. The van der Waals surface area contributed by atoms with Crippen LogP contribution in [0.25, 0.3) is 0 Å². The molecule has 49 heavy (non-hydrogen) atoms. The summed E-state index contributed by atoms with van der Waals surface area (Å²) < 4.78 is 0. The Kier molecular flexibility index (Phi) is 38.3. The lowest BCUT2D eigenvalue weighted by Gasteiger charge is -2.29. The van der Waals surface area contributed by atoms with Gasteiger partial charge in [0, 0.05) is 28.2 Å². The maximum absolute atomic E-state index is 8.83. The molecule has 0 unspecified atom stereocenters. The Morgan fingerprint density at radius 2 is 0.816 bits per heavy atom. The highest BCUT2D eigenvalue weighted by Crippen LogP contribution is 2.51. The number of nitrogens with zero attached hydrogens (tertiary/aromatic N) is 2. The normalized spacial score (nSPS) is 28.9. The van der Waals surface area contributed by atoms with E-state index in [4.69, 9.17) is 23.3 Å². The molecule has 279 valence electrons. The second-order valence-corrected chi connectivity index (χ2v) is 13.6. The number of aliphatic hydroxyl groups is 3. The third-order valence-corrected chi connectivity index (χ3v) is 11.0. The van der Waals surface area contributed by atoms with Gasteiger partial charge >= 0.3 is 0 Å². The molecule has 0 aromatic heterocycles. The van der Waals surface area contributed by atoms with Gasteiger partial charge in [-0.25, -0.2) is 0 Å². The number of likely N-dealkylation sites (tertiary alicyclic amines) is 1. The van der Waals surface area contributed by atoms with E-state index in [1.54, 1.807) is 0 Å². The molecule has 0 amide bonds. The van der Waals surface area contributed by atoms with Crippen LogP contribution in [-0.2, 0) is 0 Å². The minimum absolute atomic E-state index is 0. The molecule has 3 aliphatic heterocycles. The van der Waals surface area contributed by atoms with Gasteiger partial charge < -0.3 is 30.3 Å². The summed E-state index contributed by atoms with van der Waals surface area (Å²) in [6.07, 6.45) is 15.3. The van der Waals surface area contributed by atoms with Crippen molar-refractivity contribution >= 4 is 39.9 Å². The van der Waals surface area contributed by atoms with Gasteiger partial charge in [-0.05, 0) is 177 Å². The van der Waals surface area contributed by atoms with E-state index < -0.39 is 0 Å². The largest absolute Gasteiger partial charge is 0.396 e. The number of piperidine rings is 3. The topological polar surface area (TPSA) is 79.2 Å². The van der Waals surface area contributed by atoms with E-state index in [1.165, 1.54) is 104 Å². The molecule has 4 N–H and O–H groups in total. The van der Waals surface area contributed by atoms with Crippen LogP contribution in [-0.4, -0.2) is 131 Å². The smallest absolute Gasteiger partial charge is 0.182 e. The van der Waals surface area contributed by atoms with Crippen LogP contribution in [0.2, 0.25) is 20.5 Å². The summed E-state index contributed by atoms with van der Waals surface area (Å²) in [5, 5.41) is 29.8. The maximum atomic E-state index is 8.83. The third kappa shape index (κ3) is 22.7. The molecule has 6 aliphatic rings. The lowest BCUT2D eigenvalue weighted by molar-refractivity contribution is 0.195. The van der Waals surface area contributed by atoms with Crippen LogP contribution >= 0.6 is 0 Å². The molecule has 6 nitrogen and oxygen atoms in total. The van der Waals surface area contributed by atoms with Gasteiger partial charge in [-0.1, -0.05) is 48.2 Å². The van der Waals surface area contributed by atoms with Crippen LogP contribution in [0.1, 0.15) is 105 Å². The van der Waals surface area contributed by atoms with Crippen LogP contribution in [0.5, 0.6) is 0 Å². The first-order valence-electron chi connectivity index (χ1n) is 20.0. The van der Waals surface area contributed by atoms with Crippen LogP contribution in [0.15, 0.2) is 0 Å². The molecule has 0 bridgehead atoms. The summed E-state index contributed by atoms with van der Waals surface area (Å²) in [7, 11) is 21.4. The Morgan fingerprint density at radius 3 is 1.12 bits per heavy atom. The molecule has 0 aromatic carbocycles. The van der Waals surface area contributed by atoms with Crippen molar-refractivity contribution in [2.24, 2.45) is 53.3 Å². The number of aliphatic hydroxyl groups excluding tert-OH is 3. The van der Waals surface area contributed by atoms with Crippen molar-refractivity contribution in [2.75, 3.05) is 66.1 Å². The SMILES string of the molecule is CC.CC.CN1CCC([C@H]2C[C@H]2CCO)CC1.OCC[C@@H]1C[C@@H]1C1CCNCC1.[B].[B]C.[B]C.[B]C.[B]N1CCC([C@H]2C[C@H]2CCO)CC1. The Morgan fingerprint density at radius 1 is 0.531 bits per heavy atom. The molecule has 3 heterocycles. The number of nitrogens with one attached hydrogen (secondary N) is 1. The van der Waals surface area contributed by atoms with Gasteiger partial charge in [0.2, 0.25) is 0 Å². The zero-order chi connectivity index (χ0) is 36.9. The van der Waals surface area contributed by atoms with Gasteiger partial charge in [0.25, 0.3) is 0 Å². The van der Waals surface area contributed by atoms with E-state index >= 15 is 0 Å².